The van der Waals surface area contributed by atoms with E-state index in [1.54, 1.807) is 0 Å². The number of hydrogen-bond acceptors (Lipinski definition) is 3. The van der Waals surface area contributed by atoms with Gasteiger partial charge in [0.25, 0.3) is 5.91 Å². The summed E-state index contributed by atoms with van der Waals surface area (Å²) in [5.74, 6) is 0.00604. The molecule has 1 atom stereocenters. The van der Waals surface area contributed by atoms with Crippen molar-refractivity contribution in [2.45, 2.75) is 32.4 Å². The Balaban J connectivity index is 1.86. The Kier molecular flexibility index (Phi) is 4.93. The minimum atomic E-state index is 0.00604. The SMILES string of the molecule is CCN1CCCC1CNC(=O)c1ccc(CN)cc1. The van der Waals surface area contributed by atoms with E-state index in [1.807, 2.05) is 24.3 Å². The summed E-state index contributed by atoms with van der Waals surface area (Å²) in [6.45, 7) is 5.64. The van der Waals surface area contributed by atoms with E-state index >= 15 is 0 Å². The zero-order chi connectivity index (χ0) is 13.7. The van der Waals surface area contributed by atoms with Crippen LogP contribution in [-0.2, 0) is 6.54 Å². The van der Waals surface area contributed by atoms with E-state index in [1.165, 1.54) is 12.8 Å². The fourth-order valence-electron chi connectivity index (χ4n) is 2.65. The molecule has 1 amide bonds. The molecule has 0 aliphatic carbocycles. The van der Waals surface area contributed by atoms with Crippen LogP contribution in [0.2, 0.25) is 0 Å². The van der Waals surface area contributed by atoms with Crippen molar-refractivity contribution in [2.24, 2.45) is 5.73 Å². The molecule has 2 rings (SSSR count). The van der Waals surface area contributed by atoms with Crippen molar-refractivity contribution >= 4 is 5.91 Å². The zero-order valence-corrected chi connectivity index (χ0v) is 11.6. The van der Waals surface area contributed by atoms with E-state index in [2.05, 4.69) is 17.1 Å². The van der Waals surface area contributed by atoms with Crippen molar-refractivity contribution in [3.8, 4) is 0 Å². The molecular weight excluding hydrogens is 238 g/mol. The van der Waals surface area contributed by atoms with Crippen molar-refractivity contribution < 1.29 is 4.79 Å². The topological polar surface area (TPSA) is 58.4 Å². The first-order valence-electron chi connectivity index (χ1n) is 7.06. The second kappa shape index (κ2) is 6.68. The Hall–Kier alpha value is -1.39. The molecule has 1 aromatic carbocycles. The number of nitrogens with one attached hydrogen (secondary N) is 1. The Morgan fingerprint density at radius 3 is 2.79 bits per heavy atom. The van der Waals surface area contributed by atoms with Gasteiger partial charge in [0.1, 0.15) is 0 Å². The van der Waals surface area contributed by atoms with Crippen LogP contribution < -0.4 is 11.1 Å². The van der Waals surface area contributed by atoms with Gasteiger partial charge in [0.05, 0.1) is 0 Å². The highest BCUT2D eigenvalue weighted by atomic mass is 16.1. The number of rotatable bonds is 5. The molecule has 1 aliphatic rings. The molecule has 0 spiro atoms. The second-order valence-corrected chi connectivity index (χ2v) is 5.04. The molecule has 0 aromatic heterocycles. The van der Waals surface area contributed by atoms with Gasteiger partial charge in [0.15, 0.2) is 0 Å². The summed E-state index contributed by atoms with van der Waals surface area (Å²) < 4.78 is 0. The van der Waals surface area contributed by atoms with Gasteiger partial charge < -0.3 is 11.1 Å². The average Bonchev–Trinajstić information content (AvgIpc) is 2.92. The van der Waals surface area contributed by atoms with Gasteiger partial charge in [-0.1, -0.05) is 19.1 Å². The first kappa shape index (κ1) is 14.0. The predicted octanol–water partition coefficient (Wildman–Crippen LogP) is 1.36. The number of benzene rings is 1. The highest BCUT2D eigenvalue weighted by Crippen LogP contribution is 2.15. The Labute approximate surface area is 115 Å². The van der Waals surface area contributed by atoms with Crippen LogP contribution in [0.1, 0.15) is 35.7 Å². The number of likely N-dealkylation sites (tertiary alicyclic amines) is 1. The smallest absolute Gasteiger partial charge is 0.251 e. The number of nitrogens with two attached hydrogens (primary N) is 1. The van der Waals surface area contributed by atoms with E-state index in [4.69, 9.17) is 5.73 Å². The molecule has 1 aromatic rings. The third-order valence-corrected chi connectivity index (χ3v) is 3.86. The zero-order valence-electron chi connectivity index (χ0n) is 11.6. The number of likely N-dealkylation sites (N-methyl/N-ethyl adjacent to an activating group) is 1. The highest BCUT2D eigenvalue weighted by Gasteiger charge is 2.23. The molecule has 1 fully saturated rings. The molecule has 0 bridgehead atoms. The molecule has 19 heavy (non-hydrogen) atoms. The van der Waals surface area contributed by atoms with Crippen LogP contribution in [0.25, 0.3) is 0 Å². The van der Waals surface area contributed by atoms with E-state index in [-0.39, 0.29) is 5.91 Å². The number of hydrogen-bond donors (Lipinski definition) is 2. The molecule has 3 N–H and O–H groups in total. The summed E-state index contributed by atoms with van der Waals surface area (Å²) in [4.78, 5) is 14.5. The van der Waals surface area contributed by atoms with Gasteiger partial charge >= 0.3 is 0 Å². The summed E-state index contributed by atoms with van der Waals surface area (Å²) in [6.07, 6.45) is 2.42. The Morgan fingerprint density at radius 2 is 2.16 bits per heavy atom. The quantitative estimate of drug-likeness (QED) is 0.841. The Bertz CT molecular complexity index is 416. The van der Waals surface area contributed by atoms with E-state index in [0.717, 1.165) is 25.2 Å². The fourth-order valence-corrected chi connectivity index (χ4v) is 2.65. The second-order valence-electron chi connectivity index (χ2n) is 5.04. The van der Waals surface area contributed by atoms with Gasteiger partial charge in [0.2, 0.25) is 0 Å². The standard InChI is InChI=1S/C15H23N3O/c1-2-18-9-3-4-14(18)11-17-15(19)13-7-5-12(10-16)6-8-13/h5-8,14H,2-4,9-11,16H2,1H3,(H,17,19). The predicted molar refractivity (Wildman–Crippen MR) is 76.9 cm³/mol. The number of amides is 1. The van der Waals surface area contributed by atoms with Crippen molar-refractivity contribution in [1.29, 1.82) is 0 Å². The van der Waals surface area contributed by atoms with Crippen LogP contribution in [0.3, 0.4) is 0 Å². The van der Waals surface area contributed by atoms with E-state index in [0.29, 0.717) is 18.2 Å². The molecule has 1 unspecified atom stereocenters. The molecule has 1 heterocycles. The molecule has 0 radical (unpaired) electrons. The van der Waals surface area contributed by atoms with Crippen LogP contribution in [0, 0.1) is 0 Å². The van der Waals surface area contributed by atoms with Crippen LogP contribution in [0.15, 0.2) is 24.3 Å². The summed E-state index contributed by atoms with van der Waals surface area (Å²) >= 11 is 0. The summed E-state index contributed by atoms with van der Waals surface area (Å²) in [5.41, 5.74) is 7.29. The molecular formula is C15H23N3O. The minimum absolute atomic E-state index is 0.00604. The molecule has 1 saturated heterocycles. The Morgan fingerprint density at radius 1 is 1.42 bits per heavy atom. The molecule has 4 nitrogen and oxygen atoms in total. The van der Waals surface area contributed by atoms with Crippen LogP contribution in [-0.4, -0.2) is 36.5 Å². The number of nitrogens with zero attached hydrogens (tertiary/aromatic N) is 1. The fraction of sp³-hybridized carbons (Fsp3) is 0.533. The molecule has 104 valence electrons. The maximum atomic E-state index is 12.0. The van der Waals surface area contributed by atoms with Crippen LogP contribution in [0.4, 0.5) is 0 Å². The number of carbonyl (C=O) groups is 1. The van der Waals surface area contributed by atoms with Crippen molar-refractivity contribution in [3.05, 3.63) is 35.4 Å². The van der Waals surface area contributed by atoms with Gasteiger partial charge in [-0.25, -0.2) is 0 Å². The van der Waals surface area contributed by atoms with E-state index < -0.39 is 0 Å². The third-order valence-electron chi connectivity index (χ3n) is 3.86. The minimum Gasteiger partial charge on any atom is -0.350 e. The first-order valence-corrected chi connectivity index (χ1v) is 7.06. The summed E-state index contributed by atoms with van der Waals surface area (Å²) in [7, 11) is 0. The van der Waals surface area contributed by atoms with Crippen molar-refractivity contribution in [3.63, 3.8) is 0 Å². The monoisotopic (exact) mass is 261 g/mol. The van der Waals surface area contributed by atoms with Gasteiger partial charge in [0, 0.05) is 24.7 Å². The highest BCUT2D eigenvalue weighted by molar-refractivity contribution is 5.94. The first-order chi connectivity index (χ1) is 9.24. The molecule has 0 saturated carbocycles. The van der Waals surface area contributed by atoms with Crippen molar-refractivity contribution in [2.75, 3.05) is 19.6 Å². The van der Waals surface area contributed by atoms with Crippen molar-refractivity contribution in [1.82, 2.24) is 10.2 Å². The summed E-state index contributed by atoms with van der Waals surface area (Å²) in [6, 6.07) is 7.98. The van der Waals surface area contributed by atoms with Crippen LogP contribution in [0.5, 0.6) is 0 Å². The lowest BCUT2D eigenvalue weighted by molar-refractivity contribution is 0.0941. The van der Waals surface area contributed by atoms with Crippen LogP contribution >= 0.6 is 0 Å². The van der Waals surface area contributed by atoms with Gasteiger partial charge in [-0.15, -0.1) is 0 Å². The molecule has 4 heteroatoms. The van der Waals surface area contributed by atoms with Gasteiger partial charge in [-0.05, 0) is 43.6 Å². The lowest BCUT2D eigenvalue weighted by atomic mass is 10.1. The largest absolute Gasteiger partial charge is 0.350 e. The van der Waals surface area contributed by atoms with Gasteiger partial charge in [-0.3, -0.25) is 9.69 Å². The lowest BCUT2D eigenvalue weighted by Gasteiger charge is -2.22. The maximum Gasteiger partial charge on any atom is 0.251 e. The number of carbonyl (C=O) groups excluding carboxylic acids is 1. The van der Waals surface area contributed by atoms with Gasteiger partial charge in [-0.2, -0.15) is 0 Å². The average molecular weight is 261 g/mol. The lowest BCUT2D eigenvalue weighted by Crippen LogP contribution is -2.40. The maximum absolute atomic E-state index is 12.0. The van der Waals surface area contributed by atoms with E-state index in [9.17, 15) is 4.79 Å². The normalized spacial score (nSPS) is 19.6. The summed E-state index contributed by atoms with van der Waals surface area (Å²) in [5, 5.41) is 3.03. The molecule has 1 aliphatic heterocycles. The third kappa shape index (κ3) is 3.55.